The Bertz CT molecular complexity index is 540. The molecule has 0 aliphatic rings. The van der Waals surface area contributed by atoms with Gasteiger partial charge in [0, 0.05) is 24.1 Å². The molecule has 2 N–H and O–H groups in total. The van der Waals surface area contributed by atoms with Crippen LogP contribution in [0.3, 0.4) is 0 Å². The topological polar surface area (TPSA) is 54.6 Å². The van der Waals surface area contributed by atoms with E-state index in [1.54, 1.807) is 13.2 Å². The molecule has 1 heterocycles. The molecule has 0 aliphatic carbocycles. The van der Waals surface area contributed by atoms with Crippen LogP contribution in [-0.2, 0) is 4.74 Å². The van der Waals surface area contributed by atoms with E-state index in [2.05, 4.69) is 5.32 Å². The van der Waals surface area contributed by atoms with Crippen LogP contribution in [-0.4, -0.2) is 31.5 Å². The van der Waals surface area contributed by atoms with Gasteiger partial charge in [-0.25, -0.2) is 0 Å². The van der Waals surface area contributed by atoms with Gasteiger partial charge in [-0.3, -0.25) is 0 Å². The summed E-state index contributed by atoms with van der Waals surface area (Å²) in [6.07, 6.45) is -0.522. The Hall–Kier alpha value is -1.07. The first-order valence-electron chi connectivity index (χ1n) is 6.19. The number of halogens is 1. The van der Waals surface area contributed by atoms with Crippen molar-refractivity contribution in [2.45, 2.75) is 19.1 Å². The zero-order valence-electron chi connectivity index (χ0n) is 11.0. The van der Waals surface area contributed by atoms with Gasteiger partial charge in [-0.05, 0) is 31.2 Å². The number of ether oxygens (including phenoxy) is 1. The molecule has 5 heteroatoms. The van der Waals surface area contributed by atoms with E-state index in [9.17, 15) is 5.11 Å². The average Bonchev–Trinajstić information content (AvgIpc) is 2.79. The van der Waals surface area contributed by atoms with Crippen LogP contribution >= 0.6 is 11.6 Å². The maximum absolute atomic E-state index is 9.59. The molecule has 0 bridgehead atoms. The van der Waals surface area contributed by atoms with Gasteiger partial charge in [-0.2, -0.15) is 0 Å². The average molecular weight is 284 g/mol. The Labute approximate surface area is 117 Å². The fourth-order valence-corrected chi connectivity index (χ4v) is 2.09. The summed E-state index contributed by atoms with van der Waals surface area (Å²) in [6, 6.07) is 7.50. The second kappa shape index (κ2) is 6.39. The highest BCUT2D eigenvalue weighted by Crippen LogP contribution is 2.26. The first-order chi connectivity index (χ1) is 9.10. The van der Waals surface area contributed by atoms with Crippen molar-refractivity contribution in [1.29, 1.82) is 0 Å². The van der Waals surface area contributed by atoms with Gasteiger partial charge in [-0.1, -0.05) is 11.6 Å². The quantitative estimate of drug-likeness (QED) is 0.856. The largest absolute Gasteiger partial charge is 0.459 e. The molecule has 19 heavy (non-hydrogen) atoms. The number of nitrogens with one attached hydrogen (secondary N) is 1. The van der Waals surface area contributed by atoms with Crippen LogP contribution < -0.4 is 5.32 Å². The predicted molar refractivity (Wildman–Crippen MR) is 75.5 cm³/mol. The van der Waals surface area contributed by atoms with Gasteiger partial charge in [0.25, 0.3) is 0 Å². The van der Waals surface area contributed by atoms with Crippen molar-refractivity contribution in [3.8, 4) is 0 Å². The zero-order valence-corrected chi connectivity index (χ0v) is 11.8. The molecule has 0 saturated carbocycles. The van der Waals surface area contributed by atoms with E-state index in [-0.39, 0.29) is 6.04 Å². The molecule has 0 saturated heterocycles. The summed E-state index contributed by atoms with van der Waals surface area (Å²) >= 11 is 5.94. The molecule has 104 valence electrons. The fourth-order valence-electron chi connectivity index (χ4n) is 1.91. The van der Waals surface area contributed by atoms with E-state index in [1.165, 1.54) is 0 Å². The lowest BCUT2D eigenvalue weighted by Gasteiger charge is -2.14. The number of hydrogen-bond acceptors (Lipinski definition) is 4. The van der Waals surface area contributed by atoms with Crippen LogP contribution in [0, 0.1) is 0 Å². The first kappa shape index (κ1) is 14.3. The molecule has 0 amide bonds. The molecular formula is C14H18ClNO3. The maximum atomic E-state index is 9.59. The Kier molecular flexibility index (Phi) is 4.82. The van der Waals surface area contributed by atoms with Gasteiger partial charge in [0.15, 0.2) is 0 Å². The number of rotatable bonds is 6. The number of fused-ring (bicyclic) bond motifs is 1. The Morgan fingerprint density at radius 2 is 2.21 bits per heavy atom. The number of furan rings is 1. The third-order valence-electron chi connectivity index (χ3n) is 2.94. The van der Waals surface area contributed by atoms with E-state index >= 15 is 0 Å². The molecule has 0 unspecified atom stereocenters. The smallest absolute Gasteiger partial charge is 0.134 e. The van der Waals surface area contributed by atoms with Crippen LogP contribution in [0.1, 0.15) is 18.7 Å². The molecule has 2 aromatic rings. The lowest BCUT2D eigenvalue weighted by atomic mass is 10.2. The summed E-state index contributed by atoms with van der Waals surface area (Å²) in [5, 5.41) is 14.5. The van der Waals surface area contributed by atoms with E-state index in [1.807, 2.05) is 25.1 Å². The van der Waals surface area contributed by atoms with E-state index in [0.29, 0.717) is 18.2 Å². The summed E-state index contributed by atoms with van der Waals surface area (Å²) in [5.41, 5.74) is 0.811. The van der Waals surface area contributed by atoms with Crippen molar-refractivity contribution in [3.63, 3.8) is 0 Å². The number of methoxy groups -OCH3 is 1. The molecule has 0 aliphatic heterocycles. The summed E-state index contributed by atoms with van der Waals surface area (Å²) in [4.78, 5) is 0. The van der Waals surface area contributed by atoms with Gasteiger partial charge >= 0.3 is 0 Å². The third-order valence-corrected chi connectivity index (χ3v) is 3.18. The second-order valence-corrected chi connectivity index (χ2v) is 5.01. The summed E-state index contributed by atoms with van der Waals surface area (Å²) in [5.74, 6) is 0.821. The fraction of sp³-hybridized carbons (Fsp3) is 0.429. The van der Waals surface area contributed by atoms with Crippen LogP contribution in [0.2, 0.25) is 5.02 Å². The highest BCUT2D eigenvalue weighted by molar-refractivity contribution is 6.31. The SMILES string of the molecule is COC[C@@H](O)CN[C@H](C)c1cc2cc(Cl)ccc2o1. The van der Waals surface area contributed by atoms with E-state index < -0.39 is 6.10 Å². The molecule has 1 aromatic heterocycles. The summed E-state index contributed by atoms with van der Waals surface area (Å²) in [6.45, 7) is 2.75. The van der Waals surface area contributed by atoms with Crippen LogP contribution in [0.4, 0.5) is 0 Å². The monoisotopic (exact) mass is 283 g/mol. The van der Waals surface area contributed by atoms with Gasteiger partial charge in [-0.15, -0.1) is 0 Å². The standard InChI is InChI=1S/C14H18ClNO3/c1-9(16-7-12(17)8-18-2)14-6-10-5-11(15)3-4-13(10)19-14/h3-6,9,12,16-17H,7-8H2,1-2H3/t9-,12+/m1/s1. The minimum atomic E-state index is -0.522. The molecule has 1 aromatic carbocycles. The minimum Gasteiger partial charge on any atom is -0.459 e. The molecule has 0 spiro atoms. The molecule has 4 nitrogen and oxygen atoms in total. The number of benzene rings is 1. The zero-order chi connectivity index (χ0) is 13.8. The highest BCUT2D eigenvalue weighted by Gasteiger charge is 2.13. The normalized spacial score (nSPS) is 14.7. The van der Waals surface area contributed by atoms with Crippen molar-refractivity contribution in [1.82, 2.24) is 5.32 Å². The lowest BCUT2D eigenvalue weighted by molar-refractivity contribution is 0.0626. The number of aliphatic hydroxyl groups is 1. The van der Waals surface area contributed by atoms with Crippen molar-refractivity contribution in [2.75, 3.05) is 20.3 Å². The number of aliphatic hydroxyl groups excluding tert-OH is 1. The van der Waals surface area contributed by atoms with Crippen molar-refractivity contribution < 1.29 is 14.3 Å². The third kappa shape index (κ3) is 3.70. The molecule has 2 atom stereocenters. The van der Waals surface area contributed by atoms with Gasteiger partial charge in [0.05, 0.1) is 18.8 Å². The molecule has 2 rings (SSSR count). The minimum absolute atomic E-state index is 0.0117. The highest BCUT2D eigenvalue weighted by atomic mass is 35.5. The van der Waals surface area contributed by atoms with E-state index in [0.717, 1.165) is 16.7 Å². The molecule has 0 fully saturated rings. The first-order valence-corrected chi connectivity index (χ1v) is 6.57. The lowest BCUT2D eigenvalue weighted by Crippen LogP contribution is -2.31. The Balaban J connectivity index is 2.02. The van der Waals surface area contributed by atoms with Crippen molar-refractivity contribution in [3.05, 3.63) is 35.0 Å². The Morgan fingerprint density at radius 1 is 1.42 bits per heavy atom. The Morgan fingerprint density at radius 3 is 2.95 bits per heavy atom. The maximum Gasteiger partial charge on any atom is 0.134 e. The van der Waals surface area contributed by atoms with Crippen LogP contribution in [0.15, 0.2) is 28.7 Å². The van der Waals surface area contributed by atoms with Crippen LogP contribution in [0.5, 0.6) is 0 Å². The predicted octanol–water partition coefficient (Wildman–Crippen LogP) is 2.74. The van der Waals surface area contributed by atoms with E-state index in [4.69, 9.17) is 20.8 Å². The second-order valence-electron chi connectivity index (χ2n) is 4.57. The molecular weight excluding hydrogens is 266 g/mol. The van der Waals surface area contributed by atoms with Crippen LogP contribution in [0.25, 0.3) is 11.0 Å². The summed E-state index contributed by atoms with van der Waals surface area (Å²) in [7, 11) is 1.57. The van der Waals surface area contributed by atoms with Crippen molar-refractivity contribution in [2.24, 2.45) is 0 Å². The van der Waals surface area contributed by atoms with Crippen molar-refractivity contribution >= 4 is 22.6 Å². The van der Waals surface area contributed by atoms with Gasteiger partial charge < -0.3 is 19.6 Å². The van der Waals surface area contributed by atoms with Gasteiger partial charge in [0.2, 0.25) is 0 Å². The molecule has 0 radical (unpaired) electrons. The number of hydrogen-bond donors (Lipinski definition) is 2. The van der Waals surface area contributed by atoms with Gasteiger partial charge in [0.1, 0.15) is 11.3 Å². The summed E-state index contributed by atoms with van der Waals surface area (Å²) < 4.78 is 10.6.